The lowest BCUT2D eigenvalue weighted by atomic mass is 10.2. The third-order valence-electron chi connectivity index (χ3n) is 1.45. The second kappa shape index (κ2) is 3.61. The Kier molecular flexibility index (Phi) is 2.53. The van der Waals surface area contributed by atoms with Gasteiger partial charge in [-0.15, -0.1) is 0 Å². The van der Waals surface area contributed by atoms with E-state index in [1.54, 1.807) is 0 Å². The van der Waals surface area contributed by atoms with Crippen LogP contribution < -0.4 is 5.73 Å². The summed E-state index contributed by atoms with van der Waals surface area (Å²) in [6.45, 7) is 0. The molecule has 0 spiro atoms. The first-order chi connectivity index (χ1) is 6.11. The van der Waals surface area contributed by atoms with E-state index in [1.807, 2.05) is 0 Å². The highest BCUT2D eigenvalue weighted by Crippen LogP contribution is 2.05. The Labute approximate surface area is 73.6 Å². The average molecular weight is 181 g/mol. The number of primary amides is 1. The zero-order chi connectivity index (χ0) is 9.84. The number of aliphatic imine (C=N–C) groups is 1. The molecule has 0 aromatic carbocycles. The van der Waals surface area contributed by atoms with E-state index >= 15 is 0 Å². The number of allylic oxidation sites excluding steroid dienone is 2. The Morgan fingerprint density at radius 2 is 2.38 bits per heavy atom. The van der Waals surface area contributed by atoms with E-state index in [-0.39, 0.29) is 17.8 Å². The minimum atomic E-state index is -0.662. The lowest BCUT2D eigenvalue weighted by Crippen LogP contribution is -2.22. The molecule has 1 aliphatic rings. The average Bonchev–Trinajstić information content (AvgIpc) is 2.27. The van der Waals surface area contributed by atoms with Crippen molar-refractivity contribution in [1.29, 1.82) is 0 Å². The molecule has 0 saturated heterocycles. The van der Waals surface area contributed by atoms with Gasteiger partial charge in [-0.3, -0.25) is 14.9 Å². The summed E-state index contributed by atoms with van der Waals surface area (Å²) < 4.78 is 0. The zero-order valence-electron chi connectivity index (χ0n) is 6.64. The zero-order valence-corrected chi connectivity index (χ0v) is 6.64. The molecule has 6 heteroatoms. The van der Waals surface area contributed by atoms with Crippen LogP contribution >= 0.6 is 0 Å². The molecule has 0 atom stereocenters. The molecular weight excluding hydrogens is 174 g/mol. The third-order valence-corrected chi connectivity index (χ3v) is 1.45. The fourth-order valence-corrected chi connectivity index (χ4v) is 0.803. The van der Waals surface area contributed by atoms with Crippen molar-refractivity contribution in [3.05, 3.63) is 34.2 Å². The van der Waals surface area contributed by atoms with Crippen LogP contribution in [0.3, 0.4) is 0 Å². The standard InChI is InChI=1S/C7H7N3O3/c8-7(11)6-3-1-2-5(4-9-6)10(12)13/h1-2,4H,3H2,(H2,8,11). The SMILES string of the molecule is NC(=O)C1=NC=C([N+](=O)[O-])C=CC1. The van der Waals surface area contributed by atoms with Crippen LogP contribution in [0.2, 0.25) is 0 Å². The fourth-order valence-electron chi connectivity index (χ4n) is 0.803. The summed E-state index contributed by atoms with van der Waals surface area (Å²) in [6.07, 6.45) is 4.01. The van der Waals surface area contributed by atoms with Gasteiger partial charge in [0.2, 0.25) is 0 Å². The highest BCUT2D eigenvalue weighted by atomic mass is 16.6. The van der Waals surface area contributed by atoms with Crippen molar-refractivity contribution in [2.24, 2.45) is 10.7 Å². The summed E-state index contributed by atoms with van der Waals surface area (Å²) >= 11 is 0. The Bertz CT molecular complexity index is 341. The number of hydrogen-bond donors (Lipinski definition) is 1. The second-order valence-electron chi connectivity index (χ2n) is 2.36. The third kappa shape index (κ3) is 2.22. The smallest absolute Gasteiger partial charge is 0.287 e. The van der Waals surface area contributed by atoms with E-state index in [2.05, 4.69) is 4.99 Å². The number of carbonyl (C=O) groups is 1. The van der Waals surface area contributed by atoms with Crippen molar-refractivity contribution >= 4 is 11.6 Å². The van der Waals surface area contributed by atoms with Crippen molar-refractivity contribution in [3.63, 3.8) is 0 Å². The molecule has 0 aromatic heterocycles. The molecule has 0 fully saturated rings. The van der Waals surface area contributed by atoms with Gasteiger partial charge in [0.1, 0.15) is 11.9 Å². The topological polar surface area (TPSA) is 98.6 Å². The molecule has 0 radical (unpaired) electrons. The number of hydrogen-bond acceptors (Lipinski definition) is 4. The van der Waals surface area contributed by atoms with Crippen LogP contribution in [-0.4, -0.2) is 16.5 Å². The largest absolute Gasteiger partial charge is 0.365 e. The van der Waals surface area contributed by atoms with E-state index < -0.39 is 10.8 Å². The van der Waals surface area contributed by atoms with Crippen molar-refractivity contribution in [3.8, 4) is 0 Å². The molecule has 0 bridgehead atoms. The van der Waals surface area contributed by atoms with E-state index in [1.165, 1.54) is 12.2 Å². The maximum Gasteiger partial charge on any atom is 0.287 e. The number of nitrogens with two attached hydrogens (primary N) is 1. The highest BCUT2D eigenvalue weighted by Gasteiger charge is 2.11. The summed E-state index contributed by atoms with van der Waals surface area (Å²) in [4.78, 5) is 23.9. The molecule has 1 aliphatic heterocycles. The number of rotatable bonds is 2. The van der Waals surface area contributed by atoms with Crippen LogP contribution in [-0.2, 0) is 4.79 Å². The van der Waals surface area contributed by atoms with E-state index in [9.17, 15) is 14.9 Å². The molecule has 2 N–H and O–H groups in total. The first kappa shape index (κ1) is 9.11. The highest BCUT2D eigenvalue weighted by molar-refractivity contribution is 6.38. The van der Waals surface area contributed by atoms with Gasteiger partial charge in [-0.1, -0.05) is 6.08 Å². The molecule has 0 aliphatic carbocycles. The molecule has 1 rings (SSSR count). The molecule has 68 valence electrons. The van der Waals surface area contributed by atoms with E-state index in [0.717, 1.165) is 6.20 Å². The lowest BCUT2D eigenvalue weighted by molar-refractivity contribution is -0.419. The molecule has 13 heavy (non-hydrogen) atoms. The van der Waals surface area contributed by atoms with Crippen LogP contribution in [0.1, 0.15) is 6.42 Å². The molecule has 1 heterocycles. The molecule has 0 aromatic rings. The molecule has 0 unspecified atom stereocenters. The maximum atomic E-state index is 10.6. The summed E-state index contributed by atoms with van der Waals surface area (Å²) in [6, 6.07) is 0. The first-order valence-electron chi connectivity index (χ1n) is 3.49. The normalized spacial score (nSPS) is 15.7. The van der Waals surface area contributed by atoms with Crippen LogP contribution in [0.4, 0.5) is 0 Å². The number of amides is 1. The lowest BCUT2D eigenvalue weighted by Gasteiger charge is -1.91. The van der Waals surface area contributed by atoms with Gasteiger partial charge in [-0.2, -0.15) is 0 Å². The predicted octanol–water partition coefficient (Wildman–Crippen LogP) is -0.00930. The summed E-state index contributed by atoms with van der Waals surface area (Å²) in [5.41, 5.74) is 4.92. The first-order valence-corrected chi connectivity index (χ1v) is 3.49. The van der Waals surface area contributed by atoms with Gasteiger partial charge in [-0.05, 0) is 0 Å². The summed E-state index contributed by atoms with van der Waals surface area (Å²) in [7, 11) is 0. The van der Waals surface area contributed by atoms with Crippen molar-refractivity contribution < 1.29 is 9.72 Å². The number of nitro groups is 1. The molecule has 0 saturated carbocycles. The quantitative estimate of drug-likeness (QED) is 0.479. The van der Waals surface area contributed by atoms with E-state index in [4.69, 9.17) is 5.73 Å². The Balaban J connectivity index is 2.95. The molecule has 1 amide bonds. The van der Waals surface area contributed by atoms with Gasteiger partial charge >= 0.3 is 0 Å². The molecule has 6 nitrogen and oxygen atoms in total. The second-order valence-corrected chi connectivity index (χ2v) is 2.36. The van der Waals surface area contributed by atoms with Crippen LogP contribution in [0.25, 0.3) is 0 Å². The van der Waals surface area contributed by atoms with Crippen molar-refractivity contribution in [2.75, 3.05) is 0 Å². The predicted molar refractivity (Wildman–Crippen MR) is 45.5 cm³/mol. The van der Waals surface area contributed by atoms with Gasteiger partial charge < -0.3 is 5.73 Å². The van der Waals surface area contributed by atoms with E-state index in [0.29, 0.717) is 0 Å². The minimum Gasteiger partial charge on any atom is -0.365 e. The van der Waals surface area contributed by atoms with Gasteiger partial charge in [0.15, 0.2) is 0 Å². The fraction of sp³-hybridized carbons (Fsp3) is 0.143. The molecular formula is C7H7N3O3. The van der Waals surface area contributed by atoms with Crippen molar-refractivity contribution in [1.82, 2.24) is 0 Å². The van der Waals surface area contributed by atoms with Gasteiger partial charge in [-0.25, -0.2) is 4.99 Å². The van der Waals surface area contributed by atoms with Crippen LogP contribution in [0.5, 0.6) is 0 Å². The Morgan fingerprint density at radius 1 is 1.69 bits per heavy atom. The van der Waals surface area contributed by atoms with Crippen LogP contribution in [0.15, 0.2) is 29.0 Å². The Hall–Kier alpha value is -1.98. The summed E-state index contributed by atoms with van der Waals surface area (Å²) in [5.74, 6) is -0.662. The Morgan fingerprint density at radius 3 is 2.92 bits per heavy atom. The van der Waals surface area contributed by atoms with Gasteiger partial charge in [0, 0.05) is 12.5 Å². The monoisotopic (exact) mass is 181 g/mol. The maximum absolute atomic E-state index is 10.6. The van der Waals surface area contributed by atoms with Gasteiger partial charge in [0.05, 0.1) is 4.92 Å². The van der Waals surface area contributed by atoms with Crippen LogP contribution in [0, 0.1) is 10.1 Å². The number of nitrogens with zero attached hydrogens (tertiary/aromatic N) is 2. The minimum absolute atomic E-state index is 0.119. The van der Waals surface area contributed by atoms with Crippen molar-refractivity contribution in [2.45, 2.75) is 6.42 Å². The summed E-state index contributed by atoms with van der Waals surface area (Å²) in [5, 5.41) is 10.3. The van der Waals surface area contributed by atoms with Gasteiger partial charge in [0.25, 0.3) is 11.6 Å². The number of carbonyl (C=O) groups excluding carboxylic acids is 1.